The van der Waals surface area contributed by atoms with Crippen molar-refractivity contribution in [2.24, 2.45) is 7.05 Å². The van der Waals surface area contributed by atoms with E-state index in [1.54, 1.807) is 16.1 Å². The van der Waals surface area contributed by atoms with Crippen LogP contribution in [-0.2, 0) is 7.05 Å². The SMILES string of the molecule is Cc1cc(-c2nn3cc(C4CCNCC4)nc3s2)cc2nn(C)nc12. The van der Waals surface area contributed by atoms with Crippen LogP contribution in [0.2, 0.25) is 0 Å². The Morgan fingerprint density at radius 3 is 2.80 bits per heavy atom. The van der Waals surface area contributed by atoms with Gasteiger partial charge in [-0.25, -0.2) is 9.50 Å². The summed E-state index contributed by atoms with van der Waals surface area (Å²) in [4.78, 5) is 7.40. The largest absolute Gasteiger partial charge is 0.317 e. The van der Waals surface area contributed by atoms with Crippen LogP contribution in [0, 0.1) is 6.92 Å². The molecule has 1 aromatic carbocycles. The zero-order valence-corrected chi connectivity index (χ0v) is 15.0. The lowest BCUT2D eigenvalue weighted by Crippen LogP contribution is -2.26. The second kappa shape index (κ2) is 5.60. The van der Waals surface area contributed by atoms with Gasteiger partial charge in [0.1, 0.15) is 16.0 Å². The van der Waals surface area contributed by atoms with Gasteiger partial charge in [-0.05, 0) is 50.6 Å². The average molecular weight is 353 g/mol. The molecule has 4 heterocycles. The molecule has 1 aliphatic rings. The molecule has 0 bridgehead atoms. The molecule has 0 radical (unpaired) electrons. The Balaban J connectivity index is 1.53. The van der Waals surface area contributed by atoms with Crippen LogP contribution in [0.1, 0.15) is 30.0 Å². The highest BCUT2D eigenvalue weighted by Gasteiger charge is 2.20. The highest BCUT2D eigenvalue weighted by atomic mass is 32.1. The molecule has 0 spiro atoms. The second-order valence-electron chi connectivity index (χ2n) is 6.67. The number of piperidine rings is 1. The van der Waals surface area contributed by atoms with E-state index in [1.165, 1.54) is 5.69 Å². The highest BCUT2D eigenvalue weighted by Crippen LogP contribution is 2.31. The van der Waals surface area contributed by atoms with Gasteiger partial charge in [0.25, 0.3) is 0 Å². The van der Waals surface area contributed by atoms with E-state index in [2.05, 4.69) is 40.8 Å². The third-order valence-corrected chi connectivity index (χ3v) is 5.82. The highest BCUT2D eigenvalue weighted by molar-refractivity contribution is 7.19. The van der Waals surface area contributed by atoms with Crippen molar-refractivity contribution in [2.45, 2.75) is 25.7 Å². The molecule has 8 heteroatoms. The molecule has 0 amide bonds. The van der Waals surface area contributed by atoms with Crippen LogP contribution < -0.4 is 5.32 Å². The van der Waals surface area contributed by atoms with E-state index in [1.807, 2.05) is 11.6 Å². The van der Waals surface area contributed by atoms with E-state index in [0.29, 0.717) is 5.92 Å². The Bertz CT molecular complexity index is 1040. The summed E-state index contributed by atoms with van der Waals surface area (Å²) in [6, 6.07) is 4.18. The topological polar surface area (TPSA) is 72.9 Å². The van der Waals surface area contributed by atoms with Crippen LogP contribution >= 0.6 is 11.3 Å². The monoisotopic (exact) mass is 353 g/mol. The van der Waals surface area contributed by atoms with E-state index in [-0.39, 0.29) is 0 Å². The lowest BCUT2D eigenvalue weighted by atomic mass is 9.95. The number of nitrogens with zero attached hydrogens (tertiary/aromatic N) is 6. The number of fused-ring (bicyclic) bond motifs is 2. The van der Waals surface area contributed by atoms with Crippen LogP contribution in [0.4, 0.5) is 0 Å². The van der Waals surface area contributed by atoms with Crippen LogP contribution in [-0.4, -0.2) is 42.7 Å². The van der Waals surface area contributed by atoms with E-state index >= 15 is 0 Å². The molecule has 0 atom stereocenters. The maximum atomic E-state index is 4.83. The predicted molar refractivity (Wildman–Crippen MR) is 97.9 cm³/mol. The summed E-state index contributed by atoms with van der Waals surface area (Å²) < 4.78 is 1.92. The molecule has 4 aromatic rings. The number of aromatic nitrogens is 6. The third-order valence-electron chi connectivity index (χ3n) is 4.84. The molecule has 1 saturated heterocycles. The average Bonchev–Trinajstić information content (AvgIpc) is 3.27. The number of benzene rings is 1. The Kier molecular flexibility index (Phi) is 3.36. The van der Waals surface area contributed by atoms with Crippen molar-refractivity contribution < 1.29 is 0 Å². The van der Waals surface area contributed by atoms with Crippen molar-refractivity contribution in [1.29, 1.82) is 0 Å². The first kappa shape index (κ1) is 15.0. The molecule has 1 aliphatic heterocycles. The molecule has 1 fully saturated rings. The van der Waals surface area contributed by atoms with Gasteiger partial charge in [-0.2, -0.15) is 20.1 Å². The zero-order chi connectivity index (χ0) is 17.0. The van der Waals surface area contributed by atoms with Crippen molar-refractivity contribution in [3.05, 3.63) is 29.6 Å². The van der Waals surface area contributed by atoms with Crippen molar-refractivity contribution in [2.75, 3.05) is 13.1 Å². The van der Waals surface area contributed by atoms with Crippen LogP contribution in [0.15, 0.2) is 18.3 Å². The van der Waals surface area contributed by atoms with Gasteiger partial charge in [0.05, 0.1) is 11.9 Å². The fourth-order valence-corrected chi connectivity index (χ4v) is 4.44. The summed E-state index contributed by atoms with van der Waals surface area (Å²) in [6.07, 6.45) is 4.40. The van der Waals surface area contributed by atoms with Crippen molar-refractivity contribution in [3.63, 3.8) is 0 Å². The summed E-state index contributed by atoms with van der Waals surface area (Å²) in [5.74, 6) is 0.553. The predicted octanol–water partition coefficient (Wildman–Crippen LogP) is 2.51. The van der Waals surface area contributed by atoms with Gasteiger partial charge in [-0.1, -0.05) is 11.3 Å². The molecule has 0 aliphatic carbocycles. The van der Waals surface area contributed by atoms with Gasteiger partial charge >= 0.3 is 0 Å². The fourth-order valence-electron chi connectivity index (χ4n) is 3.56. The van der Waals surface area contributed by atoms with Gasteiger partial charge in [-0.3, -0.25) is 0 Å². The molecule has 25 heavy (non-hydrogen) atoms. The molecule has 7 nitrogen and oxygen atoms in total. The summed E-state index contributed by atoms with van der Waals surface area (Å²) >= 11 is 1.63. The molecule has 0 unspecified atom stereocenters. The van der Waals surface area contributed by atoms with E-state index in [9.17, 15) is 0 Å². The number of imidazole rings is 1. The molecule has 5 rings (SSSR count). The molecule has 0 saturated carbocycles. The molecular formula is C17H19N7S. The number of hydrogen-bond donors (Lipinski definition) is 1. The number of nitrogens with one attached hydrogen (secondary N) is 1. The molecule has 1 N–H and O–H groups in total. The van der Waals surface area contributed by atoms with Crippen LogP contribution in [0.5, 0.6) is 0 Å². The third kappa shape index (κ3) is 2.52. The van der Waals surface area contributed by atoms with Gasteiger partial charge < -0.3 is 5.32 Å². The number of rotatable bonds is 2. The maximum Gasteiger partial charge on any atom is 0.212 e. The second-order valence-corrected chi connectivity index (χ2v) is 7.63. The smallest absolute Gasteiger partial charge is 0.212 e. The Hall–Kier alpha value is -2.32. The van der Waals surface area contributed by atoms with Gasteiger partial charge in [0.2, 0.25) is 4.96 Å². The van der Waals surface area contributed by atoms with Gasteiger partial charge in [0.15, 0.2) is 0 Å². The van der Waals surface area contributed by atoms with Gasteiger partial charge in [-0.15, -0.1) is 0 Å². The Morgan fingerprint density at radius 1 is 1.16 bits per heavy atom. The minimum atomic E-state index is 0.553. The molecule has 3 aromatic heterocycles. The summed E-state index contributed by atoms with van der Waals surface area (Å²) in [6.45, 7) is 4.21. The Morgan fingerprint density at radius 2 is 2.00 bits per heavy atom. The Labute approximate surface area is 148 Å². The zero-order valence-electron chi connectivity index (χ0n) is 14.2. The van der Waals surface area contributed by atoms with Crippen LogP contribution in [0.3, 0.4) is 0 Å². The normalized spacial score (nSPS) is 16.2. The fraction of sp³-hybridized carbons (Fsp3) is 0.412. The standard InChI is InChI=1S/C17H19N7S/c1-10-7-12(8-13-15(10)21-23(2)20-13)16-22-24-9-14(19-17(24)25-16)11-3-5-18-6-4-11/h7-9,11,18H,3-6H2,1-2H3. The van der Waals surface area contributed by atoms with E-state index in [0.717, 1.165) is 58.1 Å². The van der Waals surface area contributed by atoms with Crippen LogP contribution in [0.25, 0.3) is 26.6 Å². The minimum absolute atomic E-state index is 0.553. The lowest BCUT2D eigenvalue weighted by Gasteiger charge is -2.20. The minimum Gasteiger partial charge on any atom is -0.317 e. The van der Waals surface area contributed by atoms with Crippen molar-refractivity contribution in [3.8, 4) is 10.6 Å². The molecular weight excluding hydrogens is 334 g/mol. The summed E-state index contributed by atoms with van der Waals surface area (Å²) in [5.41, 5.74) is 5.21. The summed E-state index contributed by atoms with van der Waals surface area (Å²) in [5, 5.41) is 18.0. The first-order valence-corrected chi connectivity index (χ1v) is 9.38. The first-order chi connectivity index (χ1) is 12.2. The quantitative estimate of drug-likeness (QED) is 0.599. The lowest BCUT2D eigenvalue weighted by molar-refractivity contribution is 0.454. The summed E-state index contributed by atoms with van der Waals surface area (Å²) in [7, 11) is 1.85. The van der Waals surface area contributed by atoms with Crippen molar-refractivity contribution in [1.82, 2.24) is 34.9 Å². The first-order valence-electron chi connectivity index (χ1n) is 8.56. The van der Waals surface area contributed by atoms with Gasteiger partial charge in [0, 0.05) is 18.5 Å². The van der Waals surface area contributed by atoms with E-state index in [4.69, 9.17) is 10.1 Å². The molecule has 128 valence electrons. The number of hydrogen-bond acceptors (Lipinski definition) is 6. The maximum absolute atomic E-state index is 4.83. The van der Waals surface area contributed by atoms with Crippen molar-refractivity contribution >= 4 is 27.3 Å². The number of aryl methyl sites for hydroxylation is 2. The van der Waals surface area contributed by atoms with E-state index < -0.39 is 0 Å².